The van der Waals surface area contributed by atoms with E-state index in [2.05, 4.69) is 9.97 Å². The summed E-state index contributed by atoms with van der Waals surface area (Å²) in [4.78, 5) is 54.3. The van der Waals surface area contributed by atoms with Gasteiger partial charge in [-0.15, -0.1) is 0 Å². The molecule has 2 aromatic rings. The highest BCUT2D eigenvalue weighted by Gasteiger charge is 2.75. The molecule has 0 aliphatic carbocycles. The van der Waals surface area contributed by atoms with E-state index in [0.717, 1.165) is 0 Å². The number of ether oxygens (including phenoxy) is 2. The molecular formula is C24H28N4O5. The molecule has 4 atom stereocenters. The van der Waals surface area contributed by atoms with E-state index in [1.807, 2.05) is 28.9 Å². The monoisotopic (exact) mass is 452 g/mol. The molecule has 33 heavy (non-hydrogen) atoms. The summed E-state index contributed by atoms with van der Waals surface area (Å²) in [6.07, 6.45) is 3.24. The van der Waals surface area contributed by atoms with Crippen molar-refractivity contribution < 1.29 is 23.9 Å². The predicted molar refractivity (Wildman–Crippen MR) is 118 cm³/mol. The third-order valence-corrected chi connectivity index (χ3v) is 6.99. The first-order valence-corrected chi connectivity index (χ1v) is 10.9. The topological polar surface area (TPSA) is 102 Å². The summed E-state index contributed by atoms with van der Waals surface area (Å²) in [5.74, 6) is -1.90. The number of carbonyl (C=O) groups excluding carboxylic acids is 3. The average Bonchev–Trinajstić information content (AvgIpc) is 2.85. The summed E-state index contributed by atoms with van der Waals surface area (Å²) >= 11 is 0. The van der Waals surface area contributed by atoms with Crippen LogP contribution in [-0.2, 0) is 23.9 Å². The van der Waals surface area contributed by atoms with Crippen molar-refractivity contribution in [2.45, 2.75) is 19.0 Å². The normalized spacial score (nSPS) is 30.0. The van der Waals surface area contributed by atoms with E-state index in [0.29, 0.717) is 17.9 Å². The molecule has 9 nitrogen and oxygen atoms in total. The molecule has 2 aromatic heterocycles. The average molecular weight is 453 g/mol. The number of aromatic nitrogens is 2. The minimum Gasteiger partial charge on any atom is -0.468 e. The van der Waals surface area contributed by atoms with Gasteiger partial charge in [-0.05, 0) is 37.9 Å². The lowest BCUT2D eigenvalue weighted by atomic mass is 9.54. The minimum atomic E-state index is -1.68. The Bertz CT molecular complexity index is 970. The molecule has 0 saturated carbocycles. The Morgan fingerprint density at radius 3 is 1.73 bits per heavy atom. The summed E-state index contributed by atoms with van der Waals surface area (Å²) in [5, 5.41) is 0. The van der Waals surface area contributed by atoms with Crippen LogP contribution in [0.2, 0.25) is 0 Å². The lowest BCUT2D eigenvalue weighted by molar-refractivity contribution is -0.203. The SMILES string of the molecule is CCN1C[C@]2(C(=O)OC)C(=O)[C@](C(=O)OC)(C1)C(c1ccccn1)N(C)C2c1ccccn1. The first kappa shape index (κ1) is 23.0. The van der Waals surface area contributed by atoms with Gasteiger partial charge in [0.1, 0.15) is 0 Å². The van der Waals surface area contributed by atoms with Crippen LogP contribution in [0.3, 0.4) is 0 Å². The van der Waals surface area contributed by atoms with Crippen molar-refractivity contribution in [1.29, 1.82) is 0 Å². The molecule has 2 aliphatic heterocycles. The number of Topliss-reactive ketones (excluding diaryl/α,β-unsaturated/α-hetero) is 1. The molecule has 9 heteroatoms. The predicted octanol–water partition coefficient (Wildman–Crippen LogP) is 1.43. The van der Waals surface area contributed by atoms with Gasteiger partial charge in [0.25, 0.3) is 0 Å². The molecule has 2 aliphatic rings. The largest absolute Gasteiger partial charge is 0.468 e. The van der Waals surface area contributed by atoms with Gasteiger partial charge >= 0.3 is 11.9 Å². The van der Waals surface area contributed by atoms with Gasteiger partial charge in [0.05, 0.1) is 37.7 Å². The highest BCUT2D eigenvalue weighted by atomic mass is 16.5. The number of methoxy groups -OCH3 is 2. The summed E-state index contributed by atoms with van der Waals surface area (Å²) in [6, 6.07) is 9.17. The van der Waals surface area contributed by atoms with Crippen molar-refractivity contribution in [3.05, 3.63) is 60.2 Å². The lowest BCUT2D eigenvalue weighted by Crippen LogP contribution is -2.75. The van der Waals surface area contributed by atoms with E-state index in [9.17, 15) is 14.4 Å². The molecule has 0 amide bonds. The summed E-state index contributed by atoms with van der Waals surface area (Å²) < 4.78 is 10.4. The van der Waals surface area contributed by atoms with Crippen LogP contribution in [-0.4, -0.2) is 78.4 Å². The fourth-order valence-electron chi connectivity index (χ4n) is 5.69. The minimum absolute atomic E-state index is 0.105. The number of hydrogen-bond donors (Lipinski definition) is 0. The van der Waals surface area contributed by atoms with E-state index in [1.165, 1.54) is 14.2 Å². The number of ketones is 1. The van der Waals surface area contributed by atoms with Crippen molar-refractivity contribution in [3.63, 3.8) is 0 Å². The molecule has 4 heterocycles. The second kappa shape index (κ2) is 8.64. The van der Waals surface area contributed by atoms with Gasteiger partial charge in [-0.2, -0.15) is 0 Å². The van der Waals surface area contributed by atoms with Crippen LogP contribution in [0, 0.1) is 10.8 Å². The van der Waals surface area contributed by atoms with Gasteiger partial charge in [-0.3, -0.25) is 29.3 Å². The Hall–Kier alpha value is -3.17. The number of likely N-dealkylation sites (tertiary alicyclic amines) is 2. The van der Waals surface area contributed by atoms with Crippen molar-refractivity contribution in [2.75, 3.05) is 40.9 Å². The number of pyridine rings is 2. The zero-order valence-electron chi connectivity index (χ0n) is 19.2. The van der Waals surface area contributed by atoms with Crippen LogP contribution in [0.1, 0.15) is 30.4 Å². The van der Waals surface area contributed by atoms with Crippen LogP contribution >= 0.6 is 0 Å². The number of fused-ring (bicyclic) bond motifs is 2. The molecule has 2 saturated heterocycles. The number of nitrogens with zero attached hydrogens (tertiary/aromatic N) is 4. The maximum absolute atomic E-state index is 14.5. The summed E-state index contributed by atoms with van der Waals surface area (Å²) in [6.45, 7) is 2.66. The highest BCUT2D eigenvalue weighted by molar-refractivity contribution is 6.17. The summed E-state index contributed by atoms with van der Waals surface area (Å²) in [7, 11) is 4.31. The number of hydrogen-bond acceptors (Lipinski definition) is 9. The van der Waals surface area contributed by atoms with E-state index in [1.54, 1.807) is 43.7 Å². The summed E-state index contributed by atoms with van der Waals surface area (Å²) in [5.41, 5.74) is -2.27. The molecule has 0 aromatic carbocycles. The number of carbonyl (C=O) groups is 3. The van der Waals surface area contributed by atoms with E-state index in [-0.39, 0.29) is 13.1 Å². The Balaban J connectivity index is 2.08. The van der Waals surface area contributed by atoms with Crippen molar-refractivity contribution in [2.24, 2.45) is 10.8 Å². The lowest BCUT2D eigenvalue weighted by Gasteiger charge is -2.60. The van der Waals surface area contributed by atoms with Crippen LogP contribution in [0.25, 0.3) is 0 Å². The molecule has 2 fully saturated rings. The zero-order chi connectivity index (χ0) is 23.8. The second-order valence-electron chi connectivity index (χ2n) is 8.54. The van der Waals surface area contributed by atoms with Gasteiger partial charge in [-0.25, -0.2) is 0 Å². The third kappa shape index (κ3) is 3.18. The molecular weight excluding hydrogens is 424 g/mol. The molecule has 174 valence electrons. The van der Waals surface area contributed by atoms with Gasteiger partial charge in [0.2, 0.25) is 0 Å². The number of esters is 2. The number of rotatable bonds is 5. The van der Waals surface area contributed by atoms with Crippen LogP contribution in [0.15, 0.2) is 48.8 Å². The Labute approximate surface area is 192 Å². The maximum Gasteiger partial charge on any atom is 0.322 e. The fraction of sp³-hybridized carbons (Fsp3) is 0.458. The molecule has 2 unspecified atom stereocenters. The zero-order valence-corrected chi connectivity index (χ0v) is 19.2. The van der Waals surface area contributed by atoms with Gasteiger partial charge < -0.3 is 14.4 Å². The van der Waals surface area contributed by atoms with Crippen LogP contribution in [0.4, 0.5) is 0 Å². The van der Waals surface area contributed by atoms with E-state index < -0.39 is 40.6 Å². The van der Waals surface area contributed by atoms with Crippen LogP contribution < -0.4 is 0 Å². The second-order valence-corrected chi connectivity index (χ2v) is 8.54. The molecule has 0 spiro atoms. The highest BCUT2D eigenvalue weighted by Crippen LogP contribution is 2.60. The quantitative estimate of drug-likeness (QED) is 0.492. The standard InChI is InChI=1S/C24H28N4O5/c1-5-28-14-23(21(30)32-3)18(16-10-6-8-12-25-16)27(2)19(17-11-7-9-13-26-17)24(15-28,20(23)29)22(31)33-4/h6-13,18-19H,5,14-15H2,1-4H3/t18?,19?,23-,24+. The van der Waals surface area contributed by atoms with Gasteiger partial charge in [0, 0.05) is 25.5 Å². The van der Waals surface area contributed by atoms with Crippen LogP contribution in [0.5, 0.6) is 0 Å². The first-order valence-electron chi connectivity index (χ1n) is 10.9. The smallest absolute Gasteiger partial charge is 0.322 e. The maximum atomic E-state index is 14.5. The van der Waals surface area contributed by atoms with Gasteiger partial charge in [-0.1, -0.05) is 19.1 Å². The Morgan fingerprint density at radius 1 is 0.939 bits per heavy atom. The van der Waals surface area contributed by atoms with E-state index >= 15 is 0 Å². The molecule has 2 bridgehead atoms. The Morgan fingerprint density at radius 2 is 1.39 bits per heavy atom. The molecule has 0 radical (unpaired) electrons. The van der Waals surface area contributed by atoms with E-state index in [4.69, 9.17) is 9.47 Å². The fourth-order valence-corrected chi connectivity index (χ4v) is 5.69. The molecule has 4 rings (SSSR count). The van der Waals surface area contributed by atoms with Crippen molar-refractivity contribution >= 4 is 17.7 Å². The van der Waals surface area contributed by atoms with Crippen molar-refractivity contribution in [3.8, 4) is 0 Å². The van der Waals surface area contributed by atoms with Crippen molar-refractivity contribution in [1.82, 2.24) is 19.8 Å². The number of piperidine rings is 2. The Kier molecular flexibility index (Phi) is 6.02. The molecule has 0 N–H and O–H groups in total. The van der Waals surface area contributed by atoms with Gasteiger partial charge in [0.15, 0.2) is 16.6 Å². The third-order valence-electron chi connectivity index (χ3n) is 6.99. The first-order chi connectivity index (χ1) is 15.9.